The highest BCUT2D eigenvalue weighted by molar-refractivity contribution is 6.31. The van der Waals surface area contributed by atoms with E-state index in [4.69, 9.17) is 11.6 Å². The third-order valence-electron chi connectivity index (χ3n) is 7.52. The quantitative estimate of drug-likeness (QED) is 0.384. The second-order valence-electron chi connectivity index (χ2n) is 10.5. The summed E-state index contributed by atoms with van der Waals surface area (Å²) < 4.78 is 27.2. The zero-order chi connectivity index (χ0) is 30.7. The first kappa shape index (κ1) is 29.6. The molecule has 1 saturated carbocycles. The predicted octanol–water partition coefficient (Wildman–Crippen LogP) is 5.05. The number of amides is 3. The summed E-state index contributed by atoms with van der Waals surface area (Å²) in [5.41, 5.74) is 0.985. The highest BCUT2D eigenvalue weighted by Gasteiger charge is 2.47. The van der Waals surface area contributed by atoms with Crippen LogP contribution in [0.2, 0.25) is 5.02 Å². The second-order valence-corrected chi connectivity index (χ2v) is 10.9. The van der Waals surface area contributed by atoms with Crippen molar-refractivity contribution >= 4 is 40.8 Å². The van der Waals surface area contributed by atoms with Crippen molar-refractivity contribution < 1.29 is 23.2 Å². The van der Waals surface area contributed by atoms with Crippen LogP contribution in [-0.4, -0.2) is 40.7 Å². The molecule has 1 saturated heterocycles. The van der Waals surface area contributed by atoms with Gasteiger partial charge in [0.15, 0.2) is 0 Å². The fraction of sp³-hybridized carbons (Fsp3) is 0.290. The number of alkyl halides is 2. The molecule has 2 aromatic carbocycles. The molecule has 2 atom stereocenters. The smallest absolute Gasteiger partial charge is 0.252 e. The molecule has 2 aliphatic rings. The maximum Gasteiger partial charge on any atom is 0.252 e. The van der Waals surface area contributed by atoms with E-state index in [1.807, 2.05) is 12.1 Å². The number of hydrogen-bond acceptors (Lipinski definition) is 6. The summed E-state index contributed by atoms with van der Waals surface area (Å²) in [6, 6.07) is 16.7. The molecule has 12 heteroatoms. The number of anilines is 2. The molecule has 2 fully saturated rings. The standard InChI is InChI=1S/C31H25ClF2N6O3/c32-25-7-2-1-6-24(25)29(30(43)38-21-15-31(33,34)16-21)40(22-5-3-4-19(12-22)17-35)28(42)14-23-8-9-27(41)39(23)26-13-20(18-36)10-11-37-26/h1-7,10-13,21,23,29H,8-9,14-16H2,(H,38,43)/t23-,29-/m0/s1. The van der Waals surface area contributed by atoms with Crippen molar-refractivity contribution in [2.24, 2.45) is 0 Å². The number of rotatable bonds is 8. The minimum absolute atomic E-state index is 0.143. The summed E-state index contributed by atoms with van der Waals surface area (Å²) in [5, 5.41) is 21.7. The molecule has 0 spiro atoms. The molecule has 0 unspecified atom stereocenters. The van der Waals surface area contributed by atoms with Gasteiger partial charge in [0.1, 0.15) is 11.9 Å². The first-order valence-electron chi connectivity index (χ1n) is 13.5. The van der Waals surface area contributed by atoms with Crippen LogP contribution in [-0.2, 0) is 14.4 Å². The van der Waals surface area contributed by atoms with Gasteiger partial charge in [-0.2, -0.15) is 10.5 Å². The summed E-state index contributed by atoms with van der Waals surface area (Å²) in [4.78, 5) is 47.9. The van der Waals surface area contributed by atoms with Gasteiger partial charge < -0.3 is 5.32 Å². The van der Waals surface area contributed by atoms with E-state index in [1.54, 1.807) is 42.5 Å². The lowest BCUT2D eigenvalue weighted by molar-refractivity contribution is -0.133. The summed E-state index contributed by atoms with van der Waals surface area (Å²) in [7, 11) is 0. The van der Waals surface area contributed by atoms with Crippen LogP contribution in [0.1, 0.15) is 54.8 Å². The van der Waals surface area contributed by atoms with Gasteiger partial charge in [0.25, 0.3) is 5.92 Å². The van der Waals surface area contributed by atoms with E-state index in [0.717, 1.165) is 0 Å². The largest absolute Gasteiger partial charge is 0.351 e. The Hall–Kier alpha value is -4.87. The number of halogens is 3. The number of carbonyl (C=O) groups excluding carboxylic acids is 3. The first-order valence-corrected chi connectivity index (χ1v) is 13.9. The zero-order valence-corrected chi connectivity index (χ0v) is 23.5. The Bertz CT molecular complexity index is 1660. The number of hydrogen-bond donors (Lipinski definition) is 1. The molecule has 3 aromatic rings. The maximum absolute atomic E-state index is 14.3. The van der Waals surface area contributed by atoms with Crippen molar-refractivity contribution in [2.45, 2.75) is 56.2 Å². The lowest BCUT2D eigenvalue weighted by Crippen LogP contribution is -2.54. The van der Waals surface area contributed by atoms with Crippen LogP contribution in [0.3, 0.4) is 0 Å². The minimum Gasteiger partial charge on any atom is -0.351 e. The van der Waals surface area contributed by atoms with Gasteiger partial charge in [-0.25, -0.2) is 13.8 Å². The molecule has 3 amide bonds. The molecule has 9 nitrogen and oxygen atoms in total. The Kier molecular flexibility index (Phi) is 8.38. The Labute approximate surface area is 251 Å². The van der Waals surface area contributed by atoms with Gasteiger partial charge in [-0.1, -0.05) is 35.9 Å². The van der Waals surface area contributed by atoms with Crippen LogP contribution in [0.5, 0.6) is 0 Å². The monoisotopic (exact) mass is 602 g/mol. The van der Waals surface area contributed by atoms with Gasteiger partial charge in [-0.05, 0) is 42.8 Å². The van der Waals surface area contributed by atoms with Gasteiger partial charge in [-0.15, -0.1) is 0 Å². The third kappa shape index (κ3) is 6.32. The van der Waals surface area contributed by atoms with Gasteiger partial charge in [0.2, 0.25) is 17.7 Å². The zero-order valence-electron chi connectivity index (χ0n) is 22.7. The number of pyridine rings is 1. The van der Waals surface area contributed by atoms with Crippen LogP contribution >= 0.6 is 11.6 Å². The van der Waals surface area contributed by atoms with Crippen molar-refractivity contribution in [1.82, 2.24) is 10.3 Å². The SMILES string of the molecule is N#Cc1cccc(N(C(=O)C[C@@H]2CCC(=O)N2c2cc(C#N)ccn2)[C@H](C(=O)NC2CC(F)(F)C2)c2ccccc2Cl)c1. The Morgan fingerprint density at radius 2 is 1.81 bits per heavy atom. The van der Waals surface area contributed by atoms with Crippen molar-refractivity contribution in [2.75, 3.05) is 9.80 Å². The lowest BCUT2D eigenvalue weighted by Gasteiger charge is -2.38. The fourth-order valence-electron chi connectivity index (χ4n) is 5.47. The molecular weight excluding hydrogens is 578 g/mol. The van der Waals surface area contributed by atoms with Gasteiger partial charge in [0, 0.05) is 60.2 Å². The minimum atomic E-state index is -2.89. The van der Waals surface area contributed by atoms with Gasteiger partial charge in [-0.3, -0.25) is 24.2 Å². The van der Waals surface area contributed by atoms with E-state index in [1.165, 1.54) is 34.2 Å². The fourth-order valence-corrected chi connectivity index (χ4v) is 5.71. The molecule has 1 aromatic heterocycles. The van der Waals surface area contributed by atoms with E-state index >= 15 is 0 Å². The number of nitrogens with one attached hydrogen (secondary N) is 1. The Balaban J connectivity index is 1.55. The van der Waals surface area contributed by atoms with Crippen LogP contribution < -0.4 is 15.1 Å². The molecular formula is C31H25ClF2N6O3. The van der Waals surface area contributed by atoms with E-state index in [9.17, 15) is 33.7 Å². The average Bonchev–Trinajstić information content (AvgIpc) is 3.34. The number of carbonyl (C=O) groups is 3. The van der Waals surface area contributed by atoms with Crippen LogP contribution in [0.25, 0.3) is 0 Å². The van der Waals surface area contributed by atoms with Crippen LogP contribution in [0, 0.1) is 22.7 Å². The third-order valence-corrected chi connectivity index (χ3v) is 7.87. The van der Waals surface area contributed by atoms with Crippen molar-refractivity contribution in [3.05, 3.63) is 88.6 Å². The van der Waals surface area contributed by atoms with Crippen LogP contribution in [0.15, 0.2) is 66.9 Å². The normalized spacial score (nSPS) is 18.2. The highest BCUT2D eigenvalue weighted by atomic mass is 35.5. The van der Waals surface area contributed by atoms with Crippen molar-refractivity contribution in [1.29, 1.82) is 10.5 Å². The Morgan fingerprint density at radius 3 is 2.51 bits per heavy atom. The van der Waals surface area contributed by atoms with Crippen LogP contribution in [0.4, 0.5) is 20.3 Å². The average molecular weight is 603 g/mol. The number of nitrogens with zero attached hydrogens (tertiary/aromatic N) is 5. The van der Waals surface area contributed by atoms with E-state index in [2.05, 4.69) is 10.3 Å². The molecule has 1 aliphatic carbocycles. The Morgan fingerprint density at radius 1 is 1.09 bits per heavy atom. The van der Waals surface area contributed by atoms with Crippen molar-refractivity contribution in [3.8, 4) is 12.1 Å². The van der Waals surface area contributed by atoms with Gasteiger partial charge in [0.05, 0.1) is 23.3 Å². The van der Waals surface area contributed by atoms with E-state index in [0.29, 0.717) is 12.0 Å². The lowest BCUT2D eigenvalue weighted by atomic mass is 9.87. The molecule has 2 heterocycles. The molecule has 0 bridgehead atoms. The number of aromatic nitrogens is 1. The van der Waals surface area contributed by atoms with E-state index < -0.39 is 48.7 Å². The first-order chi connectivity index (χ1) is 20.6. The number of benzene rings is 2. The summed E-state index contributed by atoms with van der Waals surface area (Å²) in [6.45, 7) is 0. The van der Waals surface area contributed by atoms with Gasteiger partial charge >= 0.3 is 0 Å². The molecule has 5 rings (SSSR count). The summed E-state index contributed by atoms with van der Waals surface area (Å²) >= 11 is 6.53. The maximum atomic E-state index is 14.3. The second kappa shape index (κ2) is 12.2. The predicted molar refractivity (Wildman–Crippen MR) is 153 cm³/mol. The molecule has 1 aliphatic heterocycles. The molecule has 1 N–H and O–H groups in total. The summed E-state index contributed by atoms with van der Waals surface area (Å²) in [6.07, 6.45) is 0.565. The number of nitriles is 2. The highest BCUT2D eigenvalue weighted by Crippen LogP contribution is 2.39. The molecule has 218 valence electrons. The topological polar surface area (TPSA) is 130 Å². The van der Waals surface area contributed by atoms with Crippen molar-refractivity contribution in [3.63, 3.8) is 0 Å². The van der Waals surface area contributed by atoms with E-state index in [-0.39, 0.29) is 46.4 Å². The summed E-state index contributed by atoms with van der Waals surface area (Å²) in [5.74, 6) is -4.22. The molecule has 43 heavy (non-hydrogen) atoms. The molecule has 0 radical (unpaired) electrons.